The van der Waals surface area contributed by atoms with E-state index in [1.807, 2.05) is 6.07 Å². The van der Waals surface area contributed by atoms with Crippen LogP contribution >= 0.6 is 0 Å². The molecule has 0 N–H and O–H groups in total. The maximum absolute atomic E-state index is 11.5. The van der Waals surface area contributed by atoms with Gasteiger partial charge in [0, 0.05) is 6.42 Å². The summed E-state index contributed by atoms with van der Waals surface area (Å²) in [6, 6.07) is 10.6. The molecule has 1 aromatic rings. The lowest BCUT2D eigenvalue weighted by atomic mass is 9.92. The second-order valence-electron chi connectivity index (χ2n) is 5.34. The van der Waals surface area contributed by atoms with Crippen molar-refractivity contribution in [2.75, 3.05) is 6.61 Å². The Morgan fingerprint density at radius 3 is 2.50 bits per heavy atom. The molecular formula is C18H28O2. The predicted molar refractivity (Wildman–Crippen MR) is 83.8 cm³/mol. The van der Waals surface area contributed by atoms with Crippen LogP contribution < -0.4 is 0 Å². The van der Waals surface area contributed by atoms with Gasteiger partial charge in [-0.15, -0.1) is 0 Å². The number of ether oxygens (including phenoxy) is 1. The van der Waals surface area contributed by atoms with E-state index in [0.29, 0.717) is 18.9 Å². The topological polar surface area (TPSA) is 26.3 Å². The molecule has 0 fully saturated rings. The molecule has 0 aliphatic heterocycles. The summed E-state index contributed by atoms with van der Waals surface area (Å²) in [5.74, 6) is 0.543. The van der Waals surface area contributed by atoms with E-state index in [9.17, 15) is 4.79 Å². The molecule has 0 spiro atoms. The summed E-state index contributed by atoms with van der Waals surface area (Å²) in [5.41, 5.74) is 1.39. The Bertz CT molecular complexity index is 359. The van der Waals surface area contributed by atoms with Crippen molar-refractivity contribution in [2.24, 2.45) is 0 Å². The van der Waals surface area contributed by atoms with Gasteiger partial charge < -0.3 is 4.74 Å². The summed E-state index contributed by atoms with van der Waals surface area (Å²) < 4.78 is 5.28. The number of hydrogen-bond acceptors (Lipinski definition) is 2. The van der Waals surface area contributed by atoms with Gasteiger partial charge in [-0.25, -0.2) is 0 Å². The number of unbranched alkanes of at least 4 members (excludes halogenated alkanes) is 2. The van der Waals surface area contributed by atoms with Crippen LogP contribution in [0.2, 0.25) is 0 Å². The first kappa shape index (κ1) is 16.7. The largest absolute Gasteiger partial charge is 0.466 e. The van der Waals surface area contributed by atoms with Gasteiger partial charge in [-0.2, -0.15) is 0 Å². The Labute approximate surface area is 123 Å². The minimum absolute atomic E-state index is 0.0359. The Hall–Kier alpha value is -1.31. The van der Waals surface area contributed by atoms with Crippen molar-refractivity contribution in [3.05, 3.63) is 35.9 Å². The van der Waals surface area contributed by atoms with E-state index in [0.717, 1.165) is 38.5 Å². The minimum atomic E-state index is -0.0359. The highest BCUT2D eigenvalue weighted by atomic mass is 16.5. The van der Waals surface area contributed by atoms with E-state index in [-0.39, 0.29) is 5.97 Å². The number of hydrogen-bond donors (Lipinski definition) is 0. The zero-order valence-corrected chi connectivity index (χ0v) is 12.9. The van der Waals surface area contributed by atoms with Crippen LogP contribution in [-0.4, -0.2) is 12.6 Å². The number of benzene rings is 1. The van der Waals surface area contributed by atoms with Crippen LogP contribution in [0.5, 0.6) is 0 Å². The summed E-state index contributed by atoms with van der Waals surface area (Å²) in [6.45, 7) is 4.92. The number of rotatable bonds is 10. The molecule has 0 saturated heterocycles. The lowest BCUT2D eigenvalue weighted by Crippen LogP contribution is -2.07. The fourth-order valence-electron chi connectivity index (χ4n) is 2.44. The first-order chi connectivity index (χ1) is 9.77. The maximum atomic E-state index is 11.5. The van der Waals surface area contributed by atoms with Gasteiger partial charge in [0.15, 0.2) is 0 Å². The van der Waals surface area contributed by atoms with E-state index >= 15 is 0 Å². The number of carbonyl (C=O) groups excluding carboxylic acids is 1. The summed E-state index contributed by atoms with van der Waals surface area (Å²) in [5, 5.41) is 0. The zero-order chi connectivity index (χ0) is 14.6. The molecule has 1 unspecified atom stereocenters. The van der Waals surface area contributed by atoms with Gasteiger partial charge in [-0.3, -0.25) is 4.79 Å². The monoisotopic (exact) mass is 276 g/mol. The first-order valence-corrected chi connectivity index (χ1v) is 7.98. The lowest BCUT2D eigenvalue weighted by molar-refractivity contribution is -0.143. The van der Waals surface area contributed by atoms with Crippen LogP contribution in [0.1, 0.15) is 70.3 Å². The third-order valence-electron chi connectivity index (χ3n) is 3.71. The second-order valence-corrected chi connectivity index (χ2v) is 5.34. The maximum Gasteiger partial charge on any atom is 0.305 e. The van der Waals surface area contributed by atoms with Gasteiger partial charge in [0.1, 0.15) is 0 Å². The Kier molecular flexibility index (Phi) is 8.77. The molecule has 0 aliphatic rings. The minimum Gasteiger partial charge on any atom is -0.466 e. The smallest absolute Gasteiger partial charge is 0.305 e. The van der Waals surface area contributed by atoms with E-state index < -0.39 is 0 Å². The van der Waals surface area contributed by atoms with Gasteiger partial charge in [0.25, 0.3) is 0 Å². The highest BCUT2D eigenvalue weighted by Gasteiger charge is 2.09. The average Bonchev–Trinajstić information content (AvgIpc) is 2.48. The van der Waals surface area contributed by atoms with Crippen molar-refractivity contribution in [3.8, 4) is 0 Å². The van der Waals surface area contributed by atoms with Crippen LogP contribution in [-0.2, 0) is 9.53 Å². The highest BCUT2D eigenvalue weighted by Crippen LogP contribution is 2.24. The molecule has 0 bridgehead atoms. The third-order valence-corrected chi connectivity index (χ3v) is 3.71. The van der Waals surface area contributed by atoms with Crippen LogP contribution in [0.4, 0.5) is 0 Å². The standard InChI is InChI=1S/C18H28O2/c1-3-5-7-14-18(19)20-15-10-13-16(4-2)17-11-8-6-9-12-17/h6,8-9,11-12,16H,3-5,7,10,13-15H2,1-2H3. The third kappa shape index (κ3) is 6.74. The SMILES string of the molecule is CCCCCC(=O)OCCCC(CC)c1ccccc1. The van der Waals surface area contributed by atoms with Crippen LogP contribution in [0.25, 0.3) is 0 Å². The van der Waals surface area contributed by atoms with Crippen molar-refractivity contribution in [1.29, 1.82) is 0 Å². The molecule has 0 saturated carbocycles. The number of carbonyl (C=O) groups is 1. The average molecular weight is 276 g/mol. The molecule has 2 nitrogen and oxygen atoms in total. The summed E-state index contributed by atoms with van der Waals surface area (Å²) in [4.78, 5) is 11.5. The molecule has 0 radical (unpaired) electrons. The molecule has 0 aliphatic carbocycles. The van der Waals surface area contributed by atoms with Crippen molar-refractivity contribution < 1.29 is 9.53 Å². The van der Waals surface area contributed by atoms with Crippen molar-refractivity contribution >= 4 is 5.97 Å². The quantitative estimate of drug-likeness (QED) is 0.440. The Morgan fingerprint density at radius 1 is 1.10 bits per heavy atom. The Morgan fingerprint density at radius 2 is 1.85 bits per heavy atom. The normalized spacial score (nSPS) is 12.1. The van der Waals surface area contributed by atoms with Gasteiger partial charge >= 0.3 is 5.97 Å². The fraction of sp³-hybridized carbons (Fsp3) is 0.611. The number of esters is 1. The van der Waals surface area contributed by atoms with E-state index in [1.165, 1.54) is 5.56 Å². The fourth-order valence-corrected chi connectivity index (χ4v) is 2.44. The van der Waals surface area contributed by atoms with Gasteiger partial charge in [0.05, 0.1) is 6.61 Å². The predicted octanol–water partition coefficient (Wildman–Crippen LogP) is 5.08. The van der Waals surface area contributed by atoms with Crippen molar-refractivity contribution in [1.82, 2.24) is 0 Å². The molecule has 1 aromatic carbocycles. The molecular weight excluding hydrogens is 248 g/mol. The van der Waals surface area contributed by atoms with Crippen LogP contribution in [0, 0.1) is 0 Å². The highest BCUT2D eigenvalue weighted by molar-refractivity contribution is 5.69. The molecule has 20 heavy (non-hydrogen) atoms. The van der Waals surface area contributed by atoms with E-state index in [2.05, 4.69) is 38.1 Å². The molecule has 1 atom stereocenters. The molecule has 2 heteroatoms. The van der Waals surface area contributed by atoms with Crippen molar-refractivity contribution in [3.63, 3.8) is 0 Å². The van der Waals surface area contributed by atoms with Gasteiger partial charge in [-0.05, 0) is 37.2 Å². The van der Waals surface area contributed by atoms with Crippen LogP contribution in [0.15, 0.2) is 30.3 Å². The van der Waals surface area contributed by atoms with Gasteiger partial charge in [-0.1, -0.05) is 57.0 Å². The van der Waals surface area contributed by atoms with Crippen LogP contribution in [0.3, 0.4) is 0 Å². The summed E-state index contributed by atoms with van der Waals surface area (Å²) >= 11 is 0. The molecule has 0 heterocycles. The van der Waals surface area contributed by atoms with Crippen molar-refractivity contribution in [2.45, 2.75) is 64.7 Å². The first-order valence-electron chi connectivity index (χ1n) is 7.98. The van der Waals surface area contributed by atoms with E-state index in [1.54, 1.807) is 0 Å². The summed E-state index contributed by atoms with van der Waals surface area (Å²) in [7, 11) is 0. The second kappa shape index (κ2) is 10.5. The molecule has 1 rings (SSSR count). The zero-order valence-electron chi connectivity index (χ0n) is 12.9. The lowest BCUT2D eigenvalue weighted by Gasteiger charge is -2.15. The van der Waals surface area contributed by atoms with Gasteiger partial charge in [0.2, 0.25) is 0 Å². The molecule has 112 valence electrons. The summed E-state index contributed by atoms with van der Waals surface area (Å²) in [6.07, 6.45) is 6.95. The molecule has 0 amide bonds. The van der Waals surface area contributed by atoms with E-state index in [4.69, 9.17) is 4.74 Å². The Balaban J connectivity index is 2.17. The molecule has 0 aromatic heterocycles.